The highest BCUT2D eigenvalue weighted by atomic mass is 15.2. The first-order valence-corrected chi connectivity index (χ1v) is 7.61. The van der Waals surface area contributed by atoms with Crippen molar-refractivity contribution in [1.29, 1.82) is 0 Å². The Balaban J connectivity index is 2.51. The first-order chi connectivity index (χ1) is 9.97. The molecule has 1 unspecified atom stereocenters. The molecule has 21 heavy (non-hydrogen) atoms. The van der Waals surface area contributed by atoms with Crippen LogP contribution in [-0.4, -0.2) is 0 Å². The summed E-state index contributed by atoms with van der Waals surface area (Å²) in [5.74, 6) is 5.89. The molecule has 2 nitrogen and oxygen atoms in total. The lowest BCUT2D eigenvalue weighted by Crippen LogP contribution is -2.31. The van der Waals surface area contributed by atoms with Gasteiger partial charge in [-0.1, -0.05) is 76.2 Å². The summed E-state index contributed by atoms with van der Waals surface area (Å²) in [6, 6.07) is 17.2. The third-order valence-corrected chi connectivity index (χ3v) is 3.94. The first-order valence-electron chi connectivity index (χ1n) is 7.61. The Kier molecular flexibility index (Phi) is 4.81. The third-order valence-electron chi connectivity index (χ3n) is 3.94. The number of hydrazine groups is 1. The highest BCUT2D eigenvalue weighted by molar-refractivity contribution is 5.41. The van der Waals surface area contributed by atoms with E-state index in [0.29, 0.717) is 0 Å². The van der Waals surface area contributed by atoms with Crippen LogP contribution in [0.5, 0.6) is 0 Å². The summed E-state index contributed by atoms with van der Waals surface area (Å²) in [7, 11) is 0. The quantitative estimate of drug-likeness (QED) is 0.654. The summed E-state index contributed by atoms with van der Waals surface area (Å²) >= 11 is 0. The van der Waals surface area contributed by atoms with E-state index in [9.17, 15) is 0 Å². The molecule has 0 amide bonds. The van der Waals surface area contributed by atoms with Crippen molar-refractivity contribution in [2.75, 3.05) is 0 Å². The zero-order valence-electron chi connectivity index (χ0n) is 13.5. The van der Waals surface area contributed by atoms with Gasteiger partial charge >= 0.3 is 0 Å². The second kappa shape index (κ2) is 6.42. The summed E-state index contributed by atoms with van der Waals surface area (Å²) in [4.78, 5) is 0. The van der Waals surface area contributed by atoms with Gasteiger partial charge in [-0.3, -0.25) is 5.84 Å². The molecule has 0 radical (unpaired) electrons. The average molecular weight is 282 g/mol. The monoisotopic (exact) mass is 282 g/mol. The van der Waals surface area contributed by atoms with Gasteiger partial charge in [0.2, 0.25) is 0 Å². The number of nitrogens with one attached hydrogen (secondary N) is 1. The Hall–Kier alpha value is -1.64. The van der Waals surface area contributed by atoms with E-state index in [1.807, 2.05) is 0 Å². The van der Waals surface area contributed by atoms with Crippen molar-refractivity contribution in [3.05, 3.63) is 70.8 Å². The average Bonchev–Trinajstić information content (AvgIpc) is 2.48. The van der Waals surface area contributed by atoms with Crippen LogP contribution in [0.1, 0.15) is 56.0 Å². The summed E-state index contributed by atoms with van der Waals surface area (Å²) in [5.41, 5.74) is 8.22. The molecule has 2 rings (SSSR count). The van der Waals surface area contributed by atoms with Crippen LogP contribution in [0.3, 0.4) is 0 Å². The van der Waals surface area contributed by atoms with E-state index in [1.54, 1.807) is 0 Å². The number of nitrogens with two attached hydrogens (primary N) is 1. The first kappa shape index (κ1) is 15.7. The fraction of sp³-hybridized carbons (Fsp3) is 0.368. The molecule has 0 saturated carbocycles. The second-order valence-corrected chi connectivity index (χ2v) is 6.54. The lowest BCUT2D eigenvalue weighted by Gasteiger charge is -2.27. The summed E-state index contributed by atoms with van der Waals surface area (Å²) in [6.07, 6.45) is 1.03. The fourth-order valence-corrected chi connectivity index (χ4v) is 2.79. The Bertz CT molecular complexity index is 597. The molecule has 2 aromatic rings. The zero-order valence-corrected chi connectivity index (χ0v) is 13.5. The topological polar surface area (TPSA) is 38.0 Å². The largest absolute Gasteiger partial charge is 0.271 e. The van der Waals surface area contributed by atoms with E-state index < -0.39 is 0 Å². The maximum atomic E-state index is 5.89. The van der Waals surface area contributed by atoms with E-state index in [2.05, 4.69) is 81.7 Å². The van der Waals surface area contributed by atoms with Gasteiger partial charge in [0.15, 0.2) is 0 Å². The minimum absolute atomic E-state index is 0.0203. The molecule has 0 fully saturated rings. The molecule has 0 saturated heterocycles. The van der Waals surface area contributed by atoms with E-state index in [0.717, 1.165) is 6.42 Å². The number of hydrogen-bond donors (Lipinski definition) is 2. The van der Waals surface area contributed by atoms with Gasteiger partial charge in [0.05, 0.1) is 6.04 Å². The van der Waals surface area contributed by atoms with Crippen molar-refractivity contribution in [1.82, 2.24) is 5.43 Å². The van der Waals surface area contributed by atoms with Crippen LogP contribution in [0.4, 0.5) is 0 Å². The fourth-order valence-electron chi connectivity index (χ4n) is 2.79. The van der Waals surface area contributed by atoms with Crippen molar-refractivity contribution < 1.29 is 0 Å². The van der Waals surface area contributed by atoms with Crippen LogP contribution in [0.25, 0.3) is 0 Å². The molecule has 2 aromatic carbocycles. The number of rotatable bonds is 4. The predicted molar refractivity (Wildman–Crippen MR) is 90.1 cm³/mol. The minimum atomic E-state index is 0.0203. The summed E-state index contributed by atoms with van der Waals surface area (Å²) in [5, 5.41) is 0. The van der Waals surface area contributed by atoms with Crippen molar-refractivity contribution >= 4 is 0 Å². The molecule has 0 spiro atoms. The van der Waals surface area contributed by atoms with Crippen LogP contribution in [0, 0.1) is 0 Å². The predicted octanol–water partition coefficient (Wildman–Crippen LogP) is 4.10. The van der Waals surface area contributed by atoms with Gasteiger partial charge in [-0.15, -0.1) is 0 Å². The second-order valence-electron chi connectivity index (χ2n) is 6.54. The highest BCUT2D eigenvalue weighted by Crippen LogP contribution is 2.32. The molecule has 3 N–H and O–H groups in total. The van der Waals surface area contributed by atoms with Crippen molar-refractivity contribution in [3.8, 4) is 0 Å². The van der Waals surface area contributed by atoms with Gasteiger partial charge < -0.3 is 0 Å². The molecule has 0 aliphatic rings. The van der Waals surface area contributed by atoms with Gasteiger partial charge in [-0.05, 0) is 34.1 Å². The Morgan fingerprint density at radius 1 is 1.05 bits per heavy atom. The van der Waals surface area contributed by atoms with Crippen LogP contribution in [0.15, 0.2) is 48.5 Å². The van der Waals surface area contributed by atoms with E-state index in [-0.39, 0.29) is 11.5 Å². The Morgan fingerprint density at radius 3 is 2.38 bits per heavy atom. The van der Waals surface area contributed by atoms with Gasteiger partial charge in [-0.25, -0.2) is 5.43 Å². The summed E-state index contributed by atoms with van der Waals surface area (Å²) < 4.78 is 0. The standard InChI is InChI=1S/C19H26N2/c1-5-14-9-8-10-15(13-14)18(21-20)16-11-6-7-12-17(16)19(2,3)4/h6-13,18,21H,5,20H2,1-4H3. The zero-order chi connectivity index (χ0) is 15.5. The third kappa shape index (κ3) is 3.52. The molecule has 0 heterocycles. The van der Waals surface area contributed by atoms with Crippen LogP contribution < -0.4 is 11.3 Å². The minimum Gasteiger partial charge on any atom is -0.271 e. The number of aryl methyl sites for hydroxylation is 1. The maximum absolute atomic E-state index is 5.89. The van der Waals surface area contributed by atoms with Crippen molar-refractivity contribution in [2.24, 2.45) is 5.84 Å². The Labute approximate surface area is 128 Å². The van der Waals surface area contributed by atoms with Gasteiger partial charge in [0.1, 0.15) is 0 Å². The van der Waals surface area contributed by atoms with Crippen molar-refractivity contribution in [2.45, 2.75) is 45.6 Å². The van der Waals surface area contributed by atoms with Crippen LogP contribution in [-0.2, 0) is 11.8 Å². The molecule has 0 aromatic heterocycles. The lowest BCUT2D eigenvalue weighted by atomic mass is 9.80. The maximum Gasteiger partial charge on any atom is 0.0713 e. The molecule has 112 valence electrons. The van der Waals surface area contributed by atoms with Crippen molar-refractivity contribution in [3.63, 3.8) is 0 Å². The molecular weight excluding hydrogens is 256 g/mol. The van der Waals surface area contributed by atoms with Crippen LogP contribution in [0.2, 0.25) is 0 Å². The molecule has 2 heteroatoms. The number of hydrogen-bond acceptors (Lipinski definition) is 2. The van der Waals surface area contributed by atoms with Crippen LogP contribution >= 0.6 is 0 Å². The molecule has 1 atom stereocenters. The van der Waals surface area contributed by atoms with E-state index >= 15 is 0 Å². The molecular formula is C19H26N2. The number of benzene rings is 2. The van der Waals surface area contributed by atoms with Gasteiger partial charge in [0.25, 0.3) is 0 Å². The smallest absolute Gasteiger partial charge is 0.0713 e. The van der Waals surface area contributed by atoms with E-state index in [1.165, 1.54) is 22.3 Å². The molecule has 0 aliphatic carbocycles. The molecule has 0 bridgehead atoms. The van der Waals surface area contributed by atoms with Gasteiger partial charge in [-0.2, -0.15) is 0 Å². The molecule has 0 aliphatic heterocycles. The lowest BCUT2D eigenvalue weighted by molar-refractivity contribution is 0.557. The van der Waals surface area contributed by atoms with Gasteiger partial charge in [0, 0.05) is 0 Å². The normalized spacial score (nSPS) is 13.2. The highest BCUT2D eigenvalue weighted by Gasteiger charge is 2.23. The summed E-state index contributed by atoms with van der Waals surface area (Å²) in [6.45, 7) is 8.89. The van der Waals surface area contributed by atoms with E-state index in [4.69, 9.17) is 5.84 Å². The SMILES string of the molecule is CCc1cccc(C(NN)c2ccccc2C(C)(C)C)c1. The Morgan fingerprint density at radius 2 is 1.76 bits per heavy atom.